The van der Waals surface area contributed by atoms with E-state index in [1.54, 1.807) is 0 Å². The number of imidazole rings is 1. The molecule has 1 aromatic heterocycles. The molecule has 1 aliphatic heterocycles. The van der Waals surface area contributed by atoms with Crippen LogP contribution in [-0.4, -0.2) is 54.1 Å². The molecule has 0 radical (unpaired) electrons. The lowest BCUT2D eigenvalue weighted by Gasteiger charge is -2.32. The molecule has 1 fully saturated rings. The Kier molecular flexibility index (Phi) is 5.40. The topological polar surface area (TPSA) is 73.4 Å². The van der Waals surface area contributed by atoms with E-state index < -0.39 is 0 Å². The van der Waals surface area contributed by atoms with Gasteiger partial charge in [0.2, 0.25) is 5.91 Å². The number of anilines is 2. The molecule has 2 aromatic carbocycles. The molecule has 1 saturated heterocycles. The number of likely N-dealkylation sites (tertiary alicyclic amines) is 1. The molecule has 4 rings (SSSR count). The maximum Gasteiger partial charge on any atom is 0.326 e. The summed E-state index contributed by atoms with van der Waals surface area (Å²) in [6.45, 7) is 1.95. The highest BCUT2D eigenvalue weighted by Crippen LogP contribution is 2.25. The Morgan fingerprint density at radius 1 is 1.14 bits per heavy atom. The summed E-state index contributed by atoms with van der Waals surface area (Å²) in [5.74, 6) is -0.0105. The summed E-state index contributed by atoms with van der Waals surface area (Å²) in [5, 5.41) is 2.99. The quantitative estimate of drug-likeness (QED) is 0.699. The first-order valence-electron chi connectivity index (χ1n) is 10.00. The predicted molar refractivity (Wildman–Crippen MR) is 117 cm³/mol. The molecule has 2 heterocycles. The number of benzene rings is 2. The highest BCUT2D eigenvalue weighted by molar-refractivity contribution is 5.92. The van der Waals surface area contributed by atoms with Gasteiger partial charge in [0, 0.05) is 44.6 Å². The molecule has 7 nitrogen and oxygen atoms in total. The Balaban J connectivity index is 1.35. The highest BCUT2D eigenvalue weighted by Gasteiger charge is 2.24. The van der Waals surface area contributed by atoms with Crippen molar-refractivity contribution in [2.24, 2.45) is 0 Å². The van der Waals surface area contributed by atoms with Crippen LogP contribution in [0.4, 0.5) is 11.4 Å². The smallest absolute Gasteiger partial charge is 0.326 e. The van der Waals surface area contributed by atoms with Crippen LogP contribution in [0.1, 0.15) is 18.9 Å². The van der Waals surface area contributed by atoms with Crippen molar-refractivity contribution in [1.29, 1.82) is 0 Å². The van der Waals surface area contributed by atoms with E-state index in [1.807, 2.05) is 72.1 Å². The molecule has 29 heavy (non-hydrogen) atoms. The summed E-state index contributed by atoms with van der Waals surface area (Å²) < 4.78 is 1.87. The minimum Gasteiger partial charge on any atom is -0.378 e. The van der Waals surface area contributed by atoms with Crippen molar-refractivity contribution < 1.29 is 4.79 Å². The van der Waals surface area contributed by atoms with Gasteiger partial charge >= 0.3 is 5.69 Å². The molecule has 1 aliphatic rings. The lowest BCUT2D eigenvalue weighted by molar-refractivity contribution is -0.117. The summed E-state index contributed by atoms with van der Waals surface area (Å²) >= 11 is 0. The van der Waals surface area contributed by atoms with E-state index in [4.69, 9.17) is 0 Å². The number of nitrogens with zero attached hydrogens (tertiary/aromatic N) is 3. The number of fused-ring (bicyclic) bond motifs is 1. The van der Waals surface area contributed by atoms with Crippen LogP contribution >= 0.6 is 0 Å². The molecule has 0 spiro atoms. The maximum absolute atomic E-state index is 12.5. The van der Waals surface area contributed by atoms with Gasteiger partial charge in [0.15, 0.2) is 0 Å². The van der Waals surface area contributed by atoms with Gasteiger partial charge in [0.1, 0.15) is 0 Å². The maximum atomic E-state index is 12.5. The summed E-state index contributed by atoms with van der Waals surface area (Å²) in [4.78, 5) is 32.0. The number of H-pyrrole nitrogens is 1. The predicted octanol–water partition coefficient (Wildman–Crippen LogP) is 2.67. The molecule has 0 saturated carbocycles. The van der Waals surface area contributed by atoms with Crippen LogP contribution in [0.2, 0.25) is 0 Å². The standard InChI is InChI=1S/C22H27N5O2/c1-25(2)18-7-5-6-16(14-18)23-21(28)15-26-12-10-17(11-13-26)27-20-9-4-3-8-19(20)24-22(27)29/h3-9,14,17H,10-13,15H2,1-2H3,(H,23,28)(H,24,29). The molecule has 0 unspecified atom stereocenters. The number of aromatic nitrogens is 2. The second kappa shape index (κ2) is 8.13. The van der Waals surface area contributed by atoms with Crippen LogP contribution in [-0.2, 0) is 4.79 Å². The number of aromatic amines is 1. The average molecular weight is 393 g/mol. The number of piperidine rings is 1. The van der Waals surface area contributed by atoms with E-state index >= 15 is 0 Å². The van der Waals surface area contributed by atoms with E-state index in [2.05, 4.69) is 15.2 Å². The van der Waals surface area contributed by atoms with Gasteiger partial charge in [-0.05, 0) is 43.2 Å². The SMILES string of the molecule is CN(C)c1cccc(NC(=O)CN2CCC(n3c(=O)[nH]c4ccccc43)CC2)c1. The Hall–Kier alpha value is -3.06. The van der Waals surface area contributed by atoms with E-state index in [9.17, 15) is 9.59 Å². The first kappa shape index (κ1) is 19.3. The van der Waals surface area contributed by atoms with E-state index in [-0.39, 0.29) is 17.6 Å². The minimum absolute atomic E-state index is 0.0105. The summed E-state index contributed by atoms with van der Waals surface area (Å²) in [7, 11) is 3.95. The molecule has 1 amide bonds. The Morgan fingerprint density at radius 3 is 2.66 bits per heavy atom. The van der Waals surface area contributed by atoms with Crippen molar-refractivity contribution >= 4 is 28.3 Å². The third kappa shape index (κ3) is 4.19. The van der Waals surface area contributed by atoms with Crippen LogP contribution in [0, 0.1) is 0 Å². The third-order valence-electron chi connectivity index (χ3n) is 5.56. The molecule has 2 N–H and O–H groups in total. The van der Waals surface area contributed by atoms with Crippen LogP contribution in [0.3, 0.4) is 0 Å². The normalized spacial score (nSPS) is 15.5. The van der Waals surface area contributed by atoms with Crippen molar-refractivity contribution in [2.75, 3.05) is 43.9 Å². The van der Waals surface area contributed by atoms with Gasteiger partial charge < -0.3 is 15.2 Å². The van der Waals surface area contributed by atoms with Crippen molar-refractivity contribution in [3.63, 3.8) is 0 Å². The van der Waals surface area contributed by atoms with Gasteiger partial charge in [0.25, 0.3) is 0 Å². The van der Waals surface area contributed by atoms with Crippen molar-refractivity contribution in [2.45, 2.75) is 18.9 Å². The van der Waals surface area contributed by atoms with Gasteiger partial charge in [-0.2, -0.15) is 0 Å². The Labute approximate surface area is 169 Å². The highest BCUT2D eigenvalue weighted by atomic mass is 16.2. The fourth-order valence-corrected chi connectivity index (χ4v) is 4.04. The van der Waals surface area contributed by atoms with E-state index in [0.717, 1.165) is 48.3 Å². The van der Waals surface area contributed by atoms with Crippen LogP contribution < -0.4 is 15.9 Å². The van der Waals surface area contributed by atoms with Crippen LogP contribution in [0.25, 0.3) is 11.0 Å². The Bertz CT molecular complexity index is 1060. The molecule has 0 aliphatic carbocycles. The summed E-state index contributed by atoms with van der Waals surface area (Å²) in [5.41, 5.74) is 3.63. The van der Waals surface area contributed by atoms with Gasteiger partial charge in [-0.25, -0.2) is 4.79 Å². The zero-order valence-electron chi connectivity index (χ0n) is 16.9. The number of nitrogens with one attached hydrogen (secondary N) is 2. The second-order valence-electron chi connectivity index (χ2n) is 7.82. The van der Waals surface area contributed by atoms with Crippen molar-refractivity contribution in [3.05, 3.63) is 59.0 Å². The fraction of sp³-hybridized carbons (Fsp3) is 0.364. The number of rotatable bonds is 5. The van der Waals surface area contributed by atoms with Crippen molar-refractivity contribution in [1.82, 2.24) is 14.5 Å². The number of para-hydroxylation sites is 2. The number of hydrogen-bond donors (Lipinski definition) is 2. The third-order valence-corrected chi connectivity index (χ3v) is 5.56. The van der Waals surface area contributed by atoms with Crippen molar-refractivity contribution in [3.8, 4) is 0 Å². The second-order valence-corrected chi connectivity index (χ2v) is 7.82. The Morgan fingerprint density at radius 2 is 1.90 bits per heavy atom. The van der Waals surface area contributed by atoms with Gasteiger partial charge in [-0.3, -0.25) is 14.3 Å². The van der Waals surface area contributed by atoms with E-state index in [1.165, 1.54) is 0 Å². The molecule has 0 bridgehead atoms. The molecule has 7 heteroatoms. The van der Waals surface area contributed by atoms with Gasteiger partial charge in [0.05, 0.1) is 17.6 Å². The minimum atomic E-state index is -0.0526. The van der Waals surface area contributed by atoms with Crippen LogP contribution in [0.15, 0.2) is 53.3 Å². The number of hydrogen-bond acceptors (Lipinski definition) is 4. The summed E-state index contributed by atoms with van der Waals surface area (Å²) in [6.07, 6.45) is 1.70. The van der Waals surface area contributed by atoms with E-state index in [0.29, 0.717) is 6.54 Å². The zero-order valence-corrected chi connectivity index (χ0v) is 16.9. The molecule has 0 atom stereocenters. The first-order valence-corrected chi connectivity index (χ1v) is 10.00. The fourth-order valence-electron chi connectivity index (χ4n) is 4.04. The average Bonchev–Trinajstić information content (AvgIpc) is 3.04. The monoisotopic (exact) mass is 393 g/mol. The first-order chi connectivity index (χ1) is 14.0. The van der Waals surface area contributed by atoms with Gasteiger partial charge in [-0.1, -0.05) is 18.2 Å². The zero-order chi connectivity index (χ0) is 20.4. The largest absolute Gasteiger partial charge is 0.378 e. The molecular formula is C22H27N5O2. The van der Waals surface area contributed by atoms with Crippen LogP contribution in [0.5, 0.6) is 0 Å². The lowest BCUT2D eigenvalue weighted by Crippen LogP contribution is -2.41. The number of amides is 1. The molecular weight excluding hydrogens is 366 g/mol. The molecule has 3 aromatic rings. The van der Waals surface area contributed by atoms with Gasteiger partial charge in [-0.15, -0.1) is 0 Å². The number of carbonyl (C=O) groups is 1. The number of carbonyl (C=O) groups excluding carboxylic acids is 1. The summed E-state index contributed by atoms with van der Waals surface area (Å²) in [6, 6.07) is 15.8. The lowest BCUT2D eigenvalue weighted by atomic mass is 10.0. The molecule has 152 valence electrons.